The third kappa shape index (κ3) is 3.47. The van der Waals surface area contributed by atoms with Gasteiger partial charge < -0.3 is 9.64 Å². The predicted octanol–water partition coefficient (Wildman–Crippen LogP) is 3.63. The molecule has 4 rings (SSSR count). The van der Waals surface area contributed by atoms with Crippen molar-refractivity contribution < 1.29 is 4.74 Å². The largest absolute Gasteiger partial charge is 0.378 e. The molecule has 5 nitrogen and oxygen atoms in total. The standard InChI is InChI=1S/C19H20N4OS2/c1-19(25,16-6-4-12-26-16)15-13-17(23-8-10-24-11-9-23)22-18(21-15)14-5-2-3-7-20-14/h2-7,12-13,25H,8-11H2,1H3. The average Bonchev–Trinajstić information content (AvgIpc) is 3.25. The molecule has 134 valence electrons. The normalized spacial score (nSPS) is 17.1. The molecule has 26 heavy (non-hydrogen) atoms. The SMILES string of the molecule is CC(S)(c1cc(N2CCOCC2)nc(-c2ccccn2)n1)c1cccs1. The van der Waals surface area contributed by atoms with E-state index >= 15 is 0 Å². The topological polar surface area (TPSA) is 51.1 Å². The van der Waals surface area contributed by atoms with Crippen molar-refractivity contribution in [2.45, 2.75) is 11.7 Å². The van der Waals surface area contributed by atoms with Crippen molar-refractivity contribution in [1.29, 1.82) is 0 Å². The number of pyridine rings is 1. The van der Waals surface area contributed by atoms with Gasteiger partial charge in [-0.3, -0.25) is 4.98 Å². The minimum atomic E-state index is -0.498. The monoisotopic (exact) mass is 384 g/mol. The van der Waals surface area contributed by atoms with Gasteiger partial charge in [-0.25, -0.2) is 9.97 Å². The molecule has 0 N–H and O–H groups in total. The second-order valence-electron chi connectivity index (χ2n) is 6.30. The highest BCUT2D eigenvalue weighted by molar-refractivity contribution is 7.81. The van der Waals surface area contributed by atoms with Gasteiger partial charge in [-0.05, 0) is 30.5 Å². The minimum Gasteiger partial charge on any atom is -0.378 e. The van der Waals surface area contributed by atoms with Crippen molar-refractivity contribution in [2.75, 3.05) is 31.2 Å². The van der Waals surface area contributed by atoms with E-state index in [4.69, 9.17) is 27.3 Å². The second kappa shape index (κ2) is 7.34. The second-order valence-corrected chi connectivity index (χ2v) is 8.14. The Morgan fingerprint density at radius 3 is 2.69 bits per heavy atom. The third-order valence-electron chi connectivity index (χ3n) is 4.44. The van der Waals surface area contributed by atoms with E-state index in [0.29, 0.717) is 19.0 Å². The van der Waals surface area contributed by atoms with E-state index in [-0.39, 0.29) is 0 Å². The van der Waals surface area contributed by atoms with E-state index in [1.54, 1.807) is 17.5 Å². The molecule has 1 aliphatic rings. The number of hydrogen-bond acceptors (Lipinski definition) is 7. The molecule has 7 heteroatoms. The smallest absolute Gasteiger partial charge is 0.180 e. The van der Waals surface area contributed by atoms with Crippen LogP contribution in [0.3, 0.4) is 0 Å². The fourth-order valence-corrected chi connectivity index (χ4v) is 4.07. The maximum absolute atomic E-state index is 5.48. The van der Waals surface area contributed by atoms with E-state index < -0.39 is 4.75 Å². The summed E-state index contributed by atoms with van der Waals surface area (Å²) < 4.78 is 4.98. The van der Waals surface area contributed by atoms with E-state index in [1.807, 2.05) is 30.3 Å². The van der Waals surface area contributed by atoms with Crippen LogP contribution >= 0.6 is 24.0 Å². The van der Waals surface area contributed by atoms with E-state index in [1.165, 1.54) is 0 Å². The minimum absolute atomic E-state index is 0.498. The van der Waals surface area contributed by atoms with Gasteiger partial charge in [0.05, 0.1) is 23.7 Å². The van der Waals surface area contributed by atoms with Crippen LogP contribution in [0.2, 0.25) is 0 Å². The Hall–Kier alpha value is -1.96. The van der Waals surface area contributed by atoms with Crippen molar-refractivity contribution in [2.24, 2.45) is 0 Å². The Morgan fingerprint density at radius 2 is 2.00 bits per heavy atom. The molecule has 1 fully saturated rings. The summed E-state index contributed by atoms with van der Waals surface area (Å²) in [6.07, 6.45) is 1.76. The molecule has 1 unspecified atom stereocenters. The van der Waals surface area contributed by atoms with Crippen LogP contribution in [0, 0.1) is 0 Å². The first kappa shape index (κ1) is 17.5. The molecule has 3 aromatic rings. The first-order valence-corrected chi connectivity index (χ1v) is 9.87. The number of nitrogens with zero attached hydrogens (tertiary/aromatic N) is 4. The lowest BCUT2D eigenvalue weighted by atomic mass is 10.0. The van der Waals surface area contributed by atoms with Crippen molar-refractivity contribution in [3.63, 3.8) is 0 Å². The molecule has 4 heterocycles. The summed E-state index contributed by atoms with van der Waals surface area (Å²) in [5, 5.41) is 2.06. The number of thiol groups is 1. The quantitative estimate of drug-likeness (QED) is 0.696. The Balaban J connectivity index is 1.82. The molecule has 0 saturated carbocycles. The molecular weight excluding hydrogens is 364 g/mol. The summed E-state index contributed by atoms with van der Waals surface area (Å²) in [5.74, 6) is 1.53. The van der Waals surface area contributed by atoms with Crippen LogP contribution in [0.5, 0.6) is 0 Å². The lowest BCUT2D eigenvalue weighted by Crippen LogP contribution is -2.37. The van der Waals surface area contributed by atoms with Crippen LogP contribution < -0.4 is 4.90 Å². The number of ether oxygens (including phenoxy) is 1. The molecule has 1 atom stereocenters. The average molecular weight is 385 g/mol. The van der Waals surface area contributed by atoms with Gasteiger partial charge in [0.25, 0.3) is 0 Å². The van der Waals surface area contributed by atoms with Gasteiger partial charge in [0.15, 0.2) is 5.82 Å². The van der Waals surface area contributed by atoms with Crippen LogP contribution in [0.1, 0.15) is 17.5 Å². The molecule has 0 radical (unpaired) electrons. The van der Waals surface area contributed by atoms with Crippen LogP contribution in [0.4, 0.5) is 5.82 Å². The van der Waals surface area contributed by atoms with Crippen LogP contribution in [-0.4, -0.2) is 41.3 Å². The summed E-state index contributed by atoms with van der Waals surface area (Å²) in [6.45, 7) is 5.14. The number of hydrogen-bond donors (Lipinski definition) is 1. The highest BCUT2D eigenvalue weighted by Crippen LogP contribution is 2.39. The zero-order valence-electron chi connectivity index (χ0n) is 14.5. The summed E-state index contributed by atoms with van der Waals surface area (Å²) in [6, 6.07) is 12.0. The fraction of sp³-hybridized carbons (Fsp3) is 0.316. The van der Waals surface area contributed by atoms with Crippen molar-refractivity contribution in [3.8, 4) is 11.5 Å². The zero-order valence-corrected chi connectivity index (χ0v) is 16.2. The molecule has 0 amide bonds. The Labute approximate surface area is 162 Å². The number of rotatable bonds is 4. The maximum Gasteiger partial charge on any atom is 0.180 e. The summed E-state index contributed by atoms with van der Waals surface area (Å²) in [5.41, 5.74) is 1.64. The number of aromatic nitrogens is 3. The molecule has 0 bridgehead atoms. The van der Waals surface area contributed by atoms with Crippen LogP contribution in [0.15, 0.2) is 48.0 Å². The van der Waals surface area contributed by atoms with E-state index in [9.17, 15) is 0 Å². The van der Waals surface area contributed by atoms with Crippen molar-refractivity contribution >= 4 is 29.8 Å². The number of thiophene rings is 1. The van der Waals surface area contributed by atoms with Crippen molar-refractivity contribution in [3.05, 3.63) is 58.5 Å². The maximum atomic E-state index is 5.48. The molecular formula is C19H20N4OS2. The Morgan fingerprint density at radius 1 is 1.15 bits per heavy atom. The third-order valence-corrected chi connectivity index (χ3v) is 6.15. The highest BCUT2D eigenvalue weighted by Gasteiger charge is 2.29. The van der Waals surface area contributed by atoms with Gasteiger partial charge >= 0.3 is 0 Å². The summed E-state index contributed by atoms with van der Waals surface area (Å²) >= 11 is 6.64. The number of morpholine rings is 1. The molecule has 0 aromatic carbocycles. The predicted molar refractivity (Wildman–Crippen MR) is 108 cm³/mol. The van der Waals surface area contributed by atoms with Gasteiger partial charge in [0.1, 0.15) is 11.5 Å². The van der Waals surface area contributed by atoms with Crippen LogP contribution in [0.25, 0.3) is 11.5 Å². The Bertz CT molecular complexity index is 863. The molecule has 0 spiro atoms. The summed E-state index contributed by atoms with van der Waals surface area (Å²) in [7, 11) is 0. The first-order chi connectivity index (χ1) is 12.6. The highest BCUT2D eigenvalue weighted by atomic mass is 32.1. The van der Waals surface area contributed by atoms with Gasteiger partial charge in [-0.2, -0.15) is 12.6 Å². The molecule has 3 aromatic heterocycles. The lowest BCUT2D eigenvalue weighted by Gasteiger charge is -2.30. The zero-order chi connectivity index (χ0) is 18.0. The lowest BCUT2D eigenvalue weighted by molar-refractivity contribution is 0.122. The van der Waals surface area contributed by atoms with Gasteiger partial charge in [-0.15, -0.1) is 11.3 Å². The first-order valence-electron chi connectivity index (χ1n) is 8.54. The van der Waals surface area contributed by atoms with Crippen molar-refractivity contribution in [1.82, 2.24) is 15.0 Å². The molecule has 1 saturated heterocycles. The van der Waals surface area contributed by atoms with Gasteiger partial charge in [-0.1, -0.05) is 12.1 Å². The Kier molecular flexibility index (Phi) is 4.93. The van der Waals surface area contributed by atoms with Crippen LogP contribution in [-0.2, 0) is 9.48 Å². The van der Waals surface area contributed by atoms with E-state index in [0.717, 1.165) is 35.2 Å². The fourth-order valence-electron chi connectivity index (χ4n) is 2.93. The van der Waals surface area contributed by atoms with Gasteiger partial charge in [0.2, 0.25) is 0 Å². The molecule has 1 aliphatic heterocycles. The van der Waals surface area contributed by atoms with Gasteiger partial charge in [0, 0.05) is 30.2 Å². The van der Waals surface area contributed by atoms with E-state index in [2.05, 4.69) is 28.3 Å². The number of anilines is 1. The summed E-state index contributed by atoms with van der Waals surface area (Å²) in [4.78, 5) is 17.4. The molecule has 0 aliphatic carbocycles.